The Hall–Kier alpha value is -0.770. The summed E-state index contributed by atoms with van der Waals surface area (Å²) in [6.45, 7) is 1.71. The topological polar surface area (TPSA) is 69.6 Å². The molecule has 1 amide bonds. The molecule has 76 valence electrons. The summed E-state index contributed by atoms with van der Waals surface area (Å²) in [6.07, 6.45) is 2.76. The third kappa shape index (κ3) is 2.88. The third-order valence-electron chi connectivity index (χ3n) is 2.75. The quantitative estimate of drug-likeness (QED) is 0.621. The van der Waals surface area contributed by atoms with Gasteiger partial charge in [0.05, 0.1) is 12.1 Å². The summed E-state index contributed by atoms with van der Waals surface area (Å²) < 4.78 is 0. The summed E-state index contributed by atoms with van der Waals surface area (Å²) in [5, 5.41) is 20.5. The van der Waals surface area contributed by atoms with Crippen LogP contribution in [0.3, 0.4) is 0 Å². The van der Waals surface area contributed by atoms with Gasteiger partial charge in [-0.15, -0.1) is 0 Å². The average Bonchev–Trinajstić information content (AvgIpc) is 2.53. The van der Waals surface area contributed by atoms with Crippen LogP contribution in [0.15, 0.2) is 0 Å². The molecule has 0 saturated heterocycles. The summed E-state index contributed by atoms with van der Waals surface area (Å²) in [4.78, 5) is 10.3. The van der Waals surface area contributed by atoms with Gasteiger partial charge in [-0.25, -0.2) is 4.79 Å². The molecule has 3 N–H and O–H groups in total. The maximum Gasteiger partial charge on any atom is 0.404 e. The van der Waals surface area contributed by atoms with Gasteiger partial charge in [-0.1, -0.05) is 12.8 Å². The minimum Gasteiger partial charge on any atom is -0.465 e. The second-order valence-corrected chi connectivity index (χ2v) is 3.77. The van der Waals surface area contributed by atoms with Gasteiger partial charge >= 0.3 is 6.09 Å². The van der Waals surface area contributed by atoms with Gasteiger partial charge in [-0.3, -0.25) is 0 Å². The molecular weight excluding hydrogens is 170 g/mol. The van der Waals surface area contributed by atoms with E-state index in [1.807, 2.05) is 0 Å². The minimum atomic E-state index is -1.07. The molecule has 13 heavy (non-hydrogen) atoms. The lowest BCUT2D eigenvalue weighted by Gasteiger charge is -2.23. The Morgan fingerprint density at radius 1 is 1.46 bits per heavy atom. The highest BCUT2D eigenvalue weighted by atomic mass is 16.4. The summed E-state index contributed by atoms with van der Waals surface area (Å²) in [5.41, 5.74) is 0. The molecule has 4 heteroatoms. The molecule has 0 aromatic carbocycles. The molecule has 2 atom stereocenters. The zero-order chi connectivity index (χ0) is 9.84. The van der Waals surface area contributed by atoms with E-state index in [2.05, 4.69) is 5.32 Å². The van der Waals surface area contributed by atoms with Crippen LogP contribution in [-0.4, -0.2) is 28.5 Å². The van der Waals surface area contributed by atoms with Crippen LogP contribution >= 0.6 is 0 Å². The smallest absolute Gasteiger partial charge is 0.404 e. The first kappa shape index (κ1) is 10.3. The van der Waals surface area contributed by atoms with Crippen molar-refractivity contribution in [3.8, 4) is 0 Å². The lowest BCUT2D eigenvalue weighted by Crippen LogP contribution is -2.43. The van der Waals surface area contributed by atoms with Crippen molar-refractivity contribution in [2.75, 3.05) is 0 Å². The monoisotopic (exact) mass is 187 g/mol. The van der Waals surface area contributed by atoms with Gasteiger partial charge in [-0.2, -0.15) is 0 Å². The molecule has 0 aromatic heterocycles. The van der Waals surface area contributed by atoms with Crippen molar-refractivity contribution in [2.45, 2.75) is 44.8 Å². The van der Waals surface area contributed by atoms with Gasteiger partial charge in [0.2, 0.25) is 0 Å². The Balaban J connectivity index is 2.36. The predicted octanol–water partition coefficient (Wildman–Crippen LogP) is 1.19. The molecule has 0 heterocycles. The zero-order valence-corrected chi connectivity index (χ0v) is 7.86. The van der Waals surface area contributed by atoms with Crippen LogP contribution in [0, 0.1) is 5.92 Å². The third-order valence-corrected chi connectivity index (χ3v) is 2.75. The molecule has 0 radical (unpaired) electrons. The molecule has 1 aliphatic rings. The van der Waals surface area contributed by atoms with Crippen molar-refractivity contribution in [1.29, 1.82) is 0 Å². The van der Waals surface area contributed by atoms with Gasteiger partial charge < -0.3 is 15.5 Å². The number of aliphatic hydroxyl groups is 1. The molecular formula is C9H17NO3. The van der Waals surface area contributed by atoms with Crippen molar-refractivity contribution in [3.05, 3.63) is 0 Å². The molecule has 4 nitrogen and oxygen atoms in total. The van der Waals surface area contributed by atoms with E-state index in [-0.39, 0.29) is 12.0 Å². The van der Waals surface area contributed by atoms with Crippen LogP contribution < -0.4 is 5.32 Å². The molecule has 1 aliphatic carbocycles. The fraction of sp³-hybridized carbons (Fsp3) is 0.889. The lowest BCUT2D eigenvalue weighted by molar-refractivity contribution is 0.0756. The molecule has 0 spiro atoms. The Morgan fingerprint density at radius 3 is 2.46 bits per heavy atom. The molecule has 0 bridgehead atoms. The number of carboxylic acid groups (broad SMARTS) is 1. The summed E-state index contributed by atoms with van der Waals surface area (Å²) >= 11 is 0. The first-order valence-corrected chi connectivity index (χ1v) is 4.79. The van der Waals surface area contributed by atoms with Crippen LogP contribution in [-0.2, 0) is 0 Å². The van der Waals surface area contributed by atoms with Crippen LogP contribution in [0.25, 0.3) is 0 Å². The highest BCUT2D eigenvalue weighted by molar-refractivity contribution is 5.64. The maximum atomic E-state index is 10.3. The van der Waals surface area contributed by atoms with Crippen molar-refractivity contribution < 1.29 is 15.0 Å². The van der Waals surface area contributed by atoms with Gasteiger partial charge in [-0.05, 0) is 25.7 Å². The number of hydrogen-bond acceptors (Lipinski definition) is 2. The van der Waals surface area contributed by atoms with E-state index in [9.17, 15) is 9.90 Å². The van der Waals surface area contributed by atoms with Gasteiger partial charge in [0.25, 0.3) is 0 Å². The van der Waals surface area contributed by atoms with Gasteiger partial charge in [0, 0.05) is 0 Å². The zero-order valence-electron chi connectivity index (χ0n) is 7.86. The van der Waals surface area contributed by atoms with Gasteiger partial charge in [0.15, 0.2) is 0 Å². The van der Waals surface area contributed by atoms with Crippen molar-refractivity contribution >= 4 is 6.09 Å². The molecule has 1 fully saturated rings. The Bertz CT molecular complexity index is 178. The SMILES string of the molecule is CC(NC(=O)O)C(O)C1CCCC1. The van der Waals surface area contributed by atoms with E-state index in [4.69, 9.17) is 5.11 Å². The average molecular weight is 187 g/mol. The Morgan fingerprint density at radius 2 is 2.00 bits per heavy atom. The first-order valence-electron chi connectivity index (χ1n) is 4.79. The predicted molar refractivity (Wildman–Crippen MR) is 48.6 cm³/mol. The lowest BCUT2D eigenvalue weighted by atomic mass is 9.96. The number of hydrogen-bond donors (Lipinski definition) is 3. The second kappa shape index (κ2) is 4.46. The van der Waals surface area contributed by atoms with E-state index in [1.54, 1.807) is 6.92 Å². The Kier molecular flexibility index (Phi) is 3.54. The van der Waals surface area contributed by atoms with E-state index in [0.717, 1.165) is 25.7 Å². The maximum absolute atomic E-state index is 10.3. The van der Waals surface area contributed by atoms with Crippen molar-refractivity contribution in [1.82, 2.24) is 5.32 Å². The minimum absolute atomic E-state index is 0.279. The number of aliphatic hydroxyl groups excluding tert-OH is 1. The van der Waals surface area contributed by atoms with E-state index in [0.29, 0.717) is 0 Å². The highest BCUT2D eigenvalue weighted by Gasteiger charge is 2.28. The Labute approximate surface area is 78.0 Å². The largest absolute Gasteiger partial charge is 0.465 e. The summed E-state index contributed by atoms with van der Waals surface area (Å²) in [6, 6.07) is -0.361. The second-order valence-electron chi connectivity index (χ2n) is 3.77. The number of amides is 1. The number of carbonyl (C=O) groups is 1. The van der Waals surface area contributed by atoms with Gasteiger partial charge in [0.1, 0.15) is 0 Å². The normalized spacial score (nSPS) is 22.6. The number of nitrogens with one attached hydrogen (secondary N) is 1. The van der Waals surface area contributed by atoms with Crippen LogP contribution in [0.1, 0.15) is 32.6 Å². The summed E-state index contributed by atoms with van der Waals surface area (Å²) in [5.74, 6) is 0.279. The van der Waals surface area contributed by atoms with E-state index >= 15 is 0 Å². The molecule has 2 unspecified atom stereocenters. The molecule has 1 rings (SSSR count). The summed E-state index contributed by atoms with van der Waals surface area (Å²) in [7, 11) is 0. The van der Waals surface area contributed by atoms with Crippen LogP contribution in [0.2, 0.25) is 0 Å². The van der Waals surface area contributed by atoms with Crippen molar-refractivity contribution in [2.24, 2.45) is 5.92 Å². The fourth-order valence-electron chi connectivity index (χ4n) is 1.99. The first-order chi connectivity index (χ1) is 6.11. The fourth-order valence-corrected chi connectivity index (χ4v) is 1.99. The molecule has 0 aromatic rings. The van der Waals surface area contributed by atoms with Crippen LogP contribution in [0.4, 0.5) is 4.79 Å². The standard InChI is InChI=1S/C9H17NO3/c1-6(10-9(12)13)8(11)7-4-2-3-5-7/h6-8,10-11H,2-5H2,1H3,(H,12,13). The van der Waals surface area contributed by atoms with Crippen molar-refractivity contribution in [3.63, 3.8) is 0 Å². The van der Waals surface area contributed by atoms with E-state index < -0.39 is 12.2 Å². The van der Waals surface area contributed by atoms with Crippen LogP contribution in [0.5, 0.6) is 0 Å². The highest BCUT2D eigenvalue weighted by Crippen LogP contribution is 2.28. The molecule has 1 saturated carbocycles. The van der Waals surface area contributed by atoms with E-state index in [1.165, 1.54) is 0 Å². The molecule has 0 aliphatic heterocycles. The number of rotatable bonds is 3.